The minimum Gasteiger partial charge on any atom is -0.393 e. The Morgan fingerprint density at radius 2 is 1.50 bits per heavy atom. The minimum atomic E-state index is -4.38. The maximum atomic E-state index is 12.6. The molecule has 26 heavy (non-hydrogen) atoms. The third-order valence-corrected chi connectivity index (χ3v) is 3.76. The predicted molar refractivity (Wildman–Crippen MR) is 95.6 cm³/mol. The molecule has 4 N–H and O–H groups in total. The van der Waals surface area contributed by atoms with E-state index in [-0.39, 0.29) is 5.69 Å². The van der Waals surface area contributed by atoms with E-state index in [1.807, 2.05) is 31.2 Å². The van der Waals surface area contributed by atoms with Gasteiger partial charge < -0.3 is 16.4 Å². The highest BCUT2D eigenvalue weighted by atomic mass is 19.4. The second-order valence-electron chi connectivity index (χ2n) is 5.62. The average molecular weight is 359 g/mol. The van der Waals surface area contributed by atoms with Crippen LogP contribution in [0.5, 0.6) is 0 Å². The summed E-state index contributed by atoms with van der Waals surface area (Å²) in [6.45, 7) is 1.95. The molecule has 0 unspecified atom stereocenters. The summed E-state index contributed by atoms with van der Waals surface area (Å²) in [7, 11) is 0. The molecule has 0 aliphatic carbocycles. The highest BCUT2D eigenvalue weighted by molar-refractivity contribution is 5.80. The monoisotopic (exact) mass is 359 g/mol. The van der Waals surface area contributed by atoms with Crippen molar-refractivity contribution < 1.29 is 13.2 Å². The Labute approximate surface area is 148 Å². The maximum Gasteiger partial charge on any atom is 0.416 e. The molecule has 0 bridgehead atoms. The number of nitrogens with two attached hydrogens (primary N) is 1. The van der Waals surface area contributed by atoms with Gasteiger partial charge in [0, 0.05) is 11.4 Å². The van der Waals surface area contributed by atoms with E-state index in [2.05, 4.69) is 20.6 Å². The first kappa shape index (κ1) is 17.5. The standard InChI is InChI=1S/C18H16F3N5/c1-11-4-2-3-5-14(11)26-17-15(22)16(23-10-24-17)25-13-8-6-12(7-9-13)18(19,20)21/h2-10H,22H2,1H3,(H2,23,24,25,26). The summed E-state index contributed by atoms with van der Waals surface area (Å²) in [5, 5.41) is 6.04. The van der Waals surface area contributed by atoms with Gasteiger partial charge in [-0.1, -0.05) is 18.2 Å². The lowest BCUT2D eigenvalue weighted by Crippen LogP contribution is -2.07. The molecule has 0 amide bonds. The molecule has 8 heteroatoms. The summed E-state index contributed by atoms with van der Waals surface area (Å²) < 4.78 is 37.9. The Balaban J connectivity index is 1.82. The van der Waals surface area contributed by atoms with Crippen LogP contribution in [0.1, 0.15) is 11.1 Å². The van der Waals surface area contributed by atoms with Crippen molar-refractivity contribution in [3.63, 3.8) is 0 Å². The van der Waals surface area contributed by atoms with Crippen molar-refractivity contribution in [2.24, 2.45) is 0 Å². The lowest BCUT2D eigenvalue weighted by molar-refractivity contribution is -0.137. The largest absolute Gasteiger partial charge is 0.416 e. The van der Waals surface area contributed by atoms with E-state index in [4.69, 9.17) is 5.73 Å². The quantitative estimate of drug-likeness (QED) is 0.619. The van der Waals surface area contributed by atoms with Crippen LogP contribution in [0.4, 0.5) is 41.9 Å². The van der Waals surface area contributed by atoms with Gasteiger partial charge in [0.15, 0.2) is 11.6 Å². The van der Waals surface area contributed by atoms with E-state index in [0.717, 1.165) is 23.4 Å². The van der Waals surface area contributed by atoms with E-state index in [1.54, 1.807) is 0 Å². The first-order chi connectivity index (χ1) is 12.3. The van der Waals surface area contributed by atoms with Crippen LogP contribution in [0.2, 0.25) is 0 Å². The van der Waals surface area contributed by atoms with Gasteiger partial charge >= 0.3 is 6.18 Å². The highest BCUT2D eigenvalue weighted by Gasteiger charge is 2.29. The second-order valence-corrected chi connectivity index (χ2v) is 5.62. The van der Waals surface area contributed by atoms with Gasteiger partial charge in [0.1, 0.15) is 12.0 Å². The fraction of sp³-hybridized carbons (Fsp3) is 0.111. The van der Waals surface area contributed by atoms with Crippen LogP contribution < -0.4 is 16.4 Å². The summed E-state index contributed by atoms with van der Waals surface area (Å²) in [5.74, 6) is 0.708. The van der Waals surface area contributed by atoms with Crippen LogP contribution in [0.3, 0.4) is 0 Å². The zero-order chi connectivity index (χ0) is 18.7. The summed E-state index contributed by atoms with van der Waals surface area (Å²) in [4.78, 5) is 8.19. The van der Waals surface area contributed by atoms with E-state index in [9.17, 15) is 13.2 Å². The number of para-hydroxylation sites is 1. The molecule has 2 aromatic carbocycles. The van der Waals surface area contributed by atoms with Gasteiger partial charge in [0.05, 0.1) is 5.56 Å². The zero-order valence-electron chi connectivity index (χ0n) is 13.8. The average Bonchev–Trinajstić information content (AvgIpc) is 2.60. The maximum absolute atomic E-state index is 12.6. The number of hydrogen-bond donors (Lipinski definition) is 3. The lowest BCUT2D eigenvalue weighted by Gasteiger charge is -2.14. The Bertz CT molecular complexity index is 907. The molecule has 0 aliphatic rings. The summed E-state index contributed by atoms with van der Waals surface area (Å²) in [5.41, 5.74) is 7.93. The molecule has 1 aromatic heterocycles. The number of nitrogens with zero attached hydrogens (tertiary/aromatic N) is 2. The van der Waals surface area contributed by atoms with Gasteiger partial charge in [-0.05, 0) is 42.8 Å². The topological polar surface area (TPSA) is 75.9 Å². The molecule has 0 atom stereocenters. The lowest BCUT2D eigenvalue weighted by atomic mass is 10.2. The van der Waals surface area contributed by atoms with Gasteiger partial charge in [-0.15, -0.1) is 0 Å². The Morgan fingerprint density at radius 3 is 2.12 bits per heavy atom. The molecule has 0 radical (unpaired) electrons. The van der Waals surface area contributed by atoms with Crippen molar-refractivity contribution in [2.45, 2.75) is 13.1 Å². The van der Waals surface area contributed by atoms with E-state index >= 15 is 0 Å². The Kier molecular flexibility index (Phi) is 4.66. The molecule has 0 saturated heterocycles. The molecule has 0 fully saturated rings. The van der Waals surface area contributed by atoms with Gasteiger partial charge in [0.2, 0.25) is 0 Å². The number of hydrogen-bond acceptors (Lipinski definition) is 5. The fourth-order valence-corrected chi connectivity index (χ4v) is 2.31. The number of aryl methyl sites for hydroxylation is 1. The van der Waals surface area contributed by atoms with Crippen LogP contribution in [0.15, 0.2) is 54.9 Å². The van der Waals surface area contributed by atoms with E-state index < -0.39 is 11.7 Å². The van der Waals surface area contributed by atoms with E-state index in [1.165, 1.54) is 18.5 Å². The first-order valence-electron chi connectivity index (χ1n) is 7.72. The molecule has 5 nitrogen and oxygen atoms in total. The molecule has 134 valence electrons. The van der Waals surface area contributed by atoms with Crippen molar-refractivity contribution >= 4 is 28.7 Å². The van der Waals surface area contributed by atoms with Gasteiger partial charge in [-0.3, -0.25) is 0 Å². The number of alkyl halides is 3. The van der Waals surface area contributed by atoms with Gasteiger partial charge in [-0.2, -0.15) is 13.2 Å². The summed E-state index contributed by atoms with van der Waals surface area (Å²) in [6, 6.07) is 12.3. The molecule has 3 rings (SSSR count). The molecule has 0 spiro atoms. The SMILES string of the molecule is Cc1ccccc1Nc1ncnc(Nc2ccc(C(F)(F)F)cc2)c1N. The molecule has 0 aliphatic heterocycles. The first-order valence-corrected chi connectivity index (χ1v) is 7.72. The fourth-order valence-electron chi connectivity index (χ4n) is 2.31. The van der Waals surface area contributed by atoms with E-state index in [0.29, 0.717) is 17.3 Å². The van der Waals surface area contributed by atoms with Crippen molar-refractivity contribution in [1.29, 1.82) is 0 Å². The van der Waals surface area contributed by atoms with Gasteiger partial charge in [-0.25, -0.2) is 9.97 Å². The molecular weight excluding hydrogens is 343 g/mol. The van der Waals surface area contributed by atoms with Crippen LogP contribution in [-0.4, -0.2) is 9.97 Å². The highest BCUT2D eigenvalue weighted by Crippen LogP contribution is 2.32. The number of nitrogens with one attached hydrogen (secondary N) is 2. The number of halogens is 3. The van der Waals surface area contributed by atoms with Crippen LogP contribution in [-0.2, 0) is 6.18 Å². The van der Waals surface area contributed by atoms with Crippen molar-refractivity contribution in [2.75, 3.05) is 16.4 Å². The number of aromatic nitrogens is 2. The number of anilines is 5. The third kappa shape index (κ3) is 3.85. The van der Waals surface area contributed by atoms with Crippen molar-refractivity contribution in [3.05, 3.63) is 66.0 Å². The number of rotatable bonds is 4. The van der Waals surface area contributed by atoms with Crippen molar-refractivity contribution in [3.8, 4) is 0 Å². The molecular formula is C18H16F3N5. The smallest absolute Gasteiger partial charge is 0.393 e. The predicted octanol–water partition coefficient (Wildman–Crippen LogP) is 4.87. The third-order valence-electron chi connectivity index (χ3n) is 3.76. The molecule has 1 heterocycles. The van der Waals surface area contributed by atoms with Crippen molar-refractivity contribution in [1.82, 2.24) is 9.97 Å². The second kappa shape index (κ2) is 6.91. The normalized spacial score (nSPS) is 11.2. The Hall–Kier alpha value is -3.29. The zero-order valence-corrected chi connectivity index (χ0v) is 13.8. The summed E-state index contributed by atoms with van der Waals surface area (Å²) >= 11 is 0. The van der Waals surface area contributed by atoms with Crippen LogP contribution in [0, 0.1) is 6.92 Å². The Morgan fingerprint density at radius 1 is 0.885 bits per heavy atom. The molecule has 0 saturated carbocycles. The molecule has 3 aromatic rings. The minimum absolute atomic E-state index is 0.260. The van der Waals surface area contributed by atoms with Crippen LogP contribution >= 0.6 is 0 Å². The number of nitrogen functional groups attached to an aromatic ring is 1. The van der Waals surface area contributed by atoms with Gasteiger partial charge in [0.25, 0.3) is 0 Å². The van der Waals surface area contributed by atoms with Crippen LogP contribution in [0.25, 0.3) is 0 Å². The summed E-state index contributed by atoms with van der Waals surface area (Å²) in [6.07, 6.45) is -3.06. The number of benzene rings is 2.